The van der Waals surface area contributed by atoms with E-state index >= 15 is 0 Å². The third kappa shape index (κ3) is 6.27. The van der Waals surface area contributed by atoms with Gasteiger partial charge >= 0.3 is 5.69 Å². The molecule has 2 aromatic carbocycles. The zero-order chi connectivity index (χ0) is 20.6. The third-order valence-electron chi connectivity index (χ3n) is 4.94. The minimum Gasteiger partial charge on any atom is -0.477 e. The maximum Gasteiger partial charge on any atom is 0.310 e. The zero-order valence-corrected chi connectivity index (χ0v) is 16.5. The van der Waals surface area contributed by atoms with E-state index in [1.807, 2.05) is 18.2 Å². The average molecular weight is 398 g/mol. The molecule has 0 atom stereocenters. The molecule has 1 amide bonds. The van der Waals surface area contributed by atoms with Crippen LogP contribution in [0.5, 0.6) is 5.75 Å². The lowest BCUT2D eigenvalue weighted by molar-refractivity contribution is -0.385. The Labute approximate surface area is 170 Å². The normalized spacial score (nSPS) is 15.1. The summed E-state index contributed by atoms with van der Waals surface area (Å²) in [6.45, 7) is 5.04. The van der Waals surface area contributed by atoms with E-state index in [1.165, 1.54) is 12.1 Å². The molecule has 0 unspecified atom stereocenters. The molecular weight excluding hydrogens is 372 g/mol. The lowest BCUT2D eigenvalue weighted by Crippen LogP contribution is -2.45. The van der Waals surface area contributed by atoms with Gasteiger partial charge in [-0.15, -0.1) is 0 Å². The number of para-hydroxylation sites is 2. The Morgan fingerprint density at radius 2 is 1.90 bits per heavy atom. The van der Waals surface area contributed by atoms with Crippen LogP contribution in [0.15, 0.2) is 48.5 Å². The summed E-state index contributed by atoms with van der Waals surface area (Å²) in [5.74, 6) is -0.284. The molecule has 1 aliphatic rings. The minimum atomic E-state index is -0.531. The Kier molecular flexibility index (Phi) is 7.15. The monoisotopic (exact) mass is 398 g/mol. The number of nitro groups is 1. The summed E-state index contributed by atoms with van der Waals surface area (Å²) in [6, 6.07) is 13.7. The Hall–Kier alpha value is -2.97. The van der Waals surface area contributed by atoms with Gasteiger partial charge in [0.25, 0.3) is 5.91 Å². The van der Waals surface area contributed by atoms with E-state index in [0.717, 1.165) is 44.7 Å². The van der Waals surface area contributed by atoms with Crippen LogP contribution < -0.4 is 10.1 Å². The van der Waals surface area contributed by atoms with Crippen LogP contribution in [0, 0.1) is 10.1 Å². The molecule has 0 saturated carbocycles. The molecule has 1 N–H and O–H groups in total. The van der Waals surface area contributed by atoms with E-state index in [2.05, 4.69) is 28.2 Å². The zero-order valence-electron chi connectivity index (χ0n) is 16.5. The van der Waals surface area contributed by atoms with Gasteiger partial charge in [-0.3, -0.25) is 14.9 Å². The van der Waals surface area contributed by atoms with Crippen LogP contribution in [0.1, 0.15) is 5.56 Å². The number of likely N-dealkylation sites (N-methyl/N-ethyl adjacent to an activating group) is 1. The standard InChI is InChI=1S/C21H26N4O4/c1-23-11-13-24(14-12-23)10-9-17-5-4-6-18(15-17)22-21(26)16-29-20-8-3-2-7-19(20)25(27)28/h2-8,15H,9-14,16H2,1H3,(H,22,26). The van der Waals surface area contributed by atoms with Crippen molar-refractivity contribution >= 4 is 17.3 Å². The molecule has 1 saturated heterocycles. The van der Waals surface area contributed by atoms with E-state index in [4.69, 9.17) is 4.74 Å². The molecule has 0 spiro atoms. The highest BCUT2D eigenvalue weighted by molar-refractivity contribution is 5.92. The van der Waals surface area contributed by atoms with Crippen LogP contribution in [0.4, 0.5) is 11.4 Å². The molecule has 1 heterocycles. The van der Waals surface area contributed by atoms with Crippen molar-refractivity contribution in [3.63, 3.8) is 0 Å². The van der Waals surface area contributed by atoms with E-state index < -0.39 is 4.92 Å². The fraction of sp³-hybridized carbons (Fsp3) is 0.381. The summed E-state index contributed by atoms with van der Waals surface area (Å²) in [6.07, 6.45) is 0.917. The quantitative estimate of drug-likeness (QED) is 0.543. The largest absolute Gasteiger partial charge is 0.477 e. The van der Waals surface area contributed by atoms with Gasteiger partial charge in [-0.25, -0.2) is 0 Å². The number of benzene rings is 2. The number of ether oxygens (including phenoxy) is 1. The summed E-state index contributed by atoms with van der Waals surface area (Å²) in [5.41, 5.74) is 1.68. The van der Waals surface area contributed by atoms with Gasteiger partial charge < -0.3 is 19.9 Å². The second kappa shape index (κ2) is 9.99. The fourth-order valence-electron chi connectivity index (χ4n) is 3.23. The van der Waals surface area contributed by atoms with Gasteiger partial charge in [0.2, 0.25) is 0 Å². The van der Waals surface area contributed by atoms with E-state index in [-0.39, 0.29) is 24.0 Å². The molecule has 2 aromatic rings. The molecule has 8 heteroatoms. The highest BCUT2D eigenvalue weighted by Crippen LogP contribution is 2.25. The number of carbonyl (C=O) groups excluding carboxylic acids is 1. The highest BCUT2D eigenvalue weighted by Gasteiger charge is 2.15. The second-order valence-corrected chi connectivity index (χ2v) is 7.16. The van der Waals surface area contributed by atoms with Crippen molar-refractivity contribution in [3.05, 3.63) is 64.2 Å². The van der Waals surface area contributed by atoms with E-state index in [1.54, 1.807) is 12.1 Å². The molecule has 0 bridgehead atoms. The SMILES string of the molecule is CN1CCN(CCc2cccc(NC(=O)COc3ccccc3[N+](=O)[O-])c2)CC1. The second-order valence-electron chi connectivity index (χ2n) is 7.16. The van der Waals surface area contributed by atoms with Gasteiger partial charge in [-0.1, -0.05) is 24.3 Å². The van der Waals surface area contributed by atoms with Crippen LogP contribution >= 0.6 is 0 Å². The van der Waals surface area contributed by atoms with Gasteiger partial charge in [-0.2, -0.15) is 0 Å². The van der Waals surface area contributed by atoms with Crippen molar-refractivity contribution in [1.82, 2.24) is 9.80 Å². The number of amides is 1. The Balaban J connectivity index is 1.49. The Morgan fingerprint density at radius 1 is 1.14 bits per heavy atom. The first kappa shape index (κ1) is 20.8. The number of hydrogen-bond acceptors (Lipinski definition) is 6. The fourth-order valence-corrected chi connectivity index (χ4v) is 3.23. The summed E-state index contributed by atoms with van der Waals surface area (Å²) in [5, 5.41) is 13.8. The van der Waals surface area contributed by atoms with Gasteiger partial charge in [0.1, 0.15) is 0 Å². The first-order chi connectivity index (χ1) is 14.0. The van der Waals surface area contributed by atoms with Crippen LogP contribution in [0.2, 0.25) is 0 Å². The predicted octanol–water partition coefficient (Wildman–Crippen LogP) is 2.40. The number of carbonyl (C=O) groups is 1. The maximum atomic E-state index is 12.2. The van der Waals surface area contributed by atoms with Crippen LogP contribution in [0.25, 0.3) is 0 Å². The van der Waals surface area contributed by atoms with Crippen molar-refractivity contribution in [3.8, 4) is 5.75 Å². The maximum absolute atomic E-state index is 12.2. The van der Waals surface area contributed by atoms with E-state index in [9.17, 15) is 14.9 Å². The first-order valence-electron chi connectivity index (χ1n) is 9.67. The molecule has 1 fully saturated rings. The first-order valence-corrected chi connectivity index (χ1v) is 9.67. The third-order valence-corrected chi connectivity index (χ3v) is 4.94. The lowest BCUT2D eigenvalue weighted by atomic mass is 10.1. The molecule has 0 aliphatic carbocycles. The summed E-state index contributed by atoms with van der Waals surface area (Å²) in [4.78, 5) is 27.5. The number of rotatable bonds is 8. The number of nitro benzene ring substituents is 1. The number of piperazine rings is 1. The molecule has 0 radical (unpaired) electrons. The summed E-state index contributed by atoms with van der Waals surface area (Å²) >= 11 is 0. The van der Waals surface area contributed by atoms with Crippen LogP contribution in [-0.2, 0) is 11.2 Å². The van der Waals surface area contributed by atoms with Crippen molar-refractivity contribution in [1.29, 1.82) is 0 Å². The van der Waals surface area contributed by atoms with Crippen molar-refractivity contribution in [2.45, 2.75) is 6.42 Å². The number of nitrogens with one attached hydrogen (secondary N) is 1. The van der Waals surface area contributed by atoms with Gasteiger partial charge in [0.05, 0.1) is 4.92 Å². The molecule has 8 nitrogen and oxygen atoms in total. The lowest BCUT2D eigenvalue weighted by Gasteiger charge is -2.32. The van der Waals surface area contributed by atoms with Gasteiger partial charge in [0, 0.05) is 44.5 Å². The Morgan fingerprint density at radius 3 is 2.66 bits per heavy atom. The van der Waals surface area contributed by atoms with Gasteiger partial charge in [0.15, 0.2) is 12.4 Å². The molecular formula is C21H26N4O4. The summed E-state index contributed by atoms with van der Waals surface area (Å²) < 4.78 is 5.33. The van der Waals surface area contributed by atoms with Crippen molar-refractivity contribution in [2.24, 2.45) is 0 Å². The van der Waals surface area contributed by atoms with Crippen molar-refractivity contribution in [2.75, 3.05) is 51.7 Å². The van der Waals surface area contributed by atoms with Crippen LogP contribution in [0.3, 0.4) is 0 Å². The van der Waals surface area contributed by atoms with E-state index in [0.29, 0.717) is 5.69 Å². The van der Waals surface area contributed by atoms with Crippen molar-refractivity contribution < 1.29 is 14.5 Å². The smallest absolute Gasteiger partial charge is 0.310 e. The minimum absolute atomic E-state index is 0.0774. The molecule has 3 rings (SSSR count). The average Bonchev–Trinajstić information content (AvgIpc) is 2.72. The summed E-state index contributed by atoms with van der Waals surface area (Å²) in [7, 11) is 2.14. The number of anilines is 1. The topological polar surface area (TPSA) is 88.0 Å². The molecule has 1 aliphatic heterocycles. The molecule has 154 valence electrons. The van der Waals surface area contributed by atoms with Crippen LogP contribution in [-0.4, -0.2) is 67.0 Å². The van der Waals surface area contributed by atoms with Gasteiger partial charge in [-0.05, 0) is 37.2 Å². The predicted molar refractivity (Wildman–Crippen MR) is 111 cm³/mol. The number of nitrogens with zero attached hydrogens (tertiary/aromatic N) is 3. The number of hydrogen-bond donors (Lipinski definition) is 1. The highest BCUT2D eigenvalue weighted by atomic mass is 16.6. The molecule has 29 heavy (non-hydrogen) atoms. The Bertz CT molecular complexity index is 850. The molecule has 0 aromatic heterocycles.